The molecule has 0 radical (unpaired) electrons. The second-order valence-electron chi connectivity index (χ2n) is 3.66. The first-order chi connectivity index (χ1) is 7.54. The van der Waals surface area contributed by atoms with Crippen LogP contribution in [0.15, 0.2) is 5.10 Å². The number of hydrogen-bond acceptors (Lipinski definition) is 4. The van der Waals surface area contributed by atoms with Crippen molar-refractivity contribution in [3.63, 3.8) is 0 Å². The molecule has 1 aliphatic heterocycles. The molecule has 1 atom stereocenters. The van der Waals surface area contributed by atoms with Crippen molar-refractivity contribution < 1.29 is 9.59 Å². The van der Waals surface area contributed by atoms with Crippen molar-refractivity contribution in [1.82, 2.24) is 10.3 Å². The van der Waals surface area contributed by atoms with E-state index in [-0.39, 0.29) is 17.2 Å². The molecule has 1 heterocycles. The minimum atomic E-state index is -0.161. The molecule has 6 heteroatoms. The summed E-state index contributed by atoms with van der Waals surface area (Å²) in [7, 11) is 0. The Hall–Kier alpha value is -1.04. The summed E-state index contributed by atoms with van der Waals surface area (Å²) in [5, 5.41) is 8.70. The van der Waals surface area contributed by atoms with E-state index in [0.717, 1.165) is 19.3 Å². The van der Waals surface area contributed by atoms with Crippen LogP contribution in [0.25, 0.3) is 0 Å². The van der Waals surface area contributed by atoms with Crippen LogP contribution >= 0.6 is 11.8 Å². The van der Waals surface area contributed by atoms with Gasteiger partial charge in [0.05, 0.1) is 0 Å². The third-order valence-corrected chi connectivity index (χ3v) is 3.24. The molecule has 0 aromatic heterocycles. The molecule has 1 N–H and O–H groups in total. The van der Waals surface area contributed by atoms with Crippen molar-refractivity contribution in [2.45, 2.75) is 45.4 Å². The maximum atomic E-state index is 11.3. The van der Waals surface area contributed by atoms with Crippen molar-refractivity contribution in [2.24, 2.45) is 5.10 Å². The number of carbonyl (C=O) groups is 2. The number of unbranched alkanes of at least 4 members (excludes halogenated alkanes) is 1. The lowest BCUT2D eigenvalue weighted by molar-refractivity contribution is -0.129. The molecule has 0 bridgehead atoms. The number of hydrogen-bond donors (Lipinski definition) is 1. The Morgan fingerprint density at radius 1 is 1.50 bits per heavy atom. The lowest BCUT2D eigenvalue weighted by Crippen LogP contribution is -2.28. The summed E-state index contributed by atoms with van der Waals surface area (Å²) in [6.07, 6.45) is 3.02. The summed E-state index contributed by atoms with van der Waals surface area (Å²) in [4.78, 5) is 22.2. The normalized spacial score (nSPS) is 19.6. The summed E-state index contributed by atoms with van der Waals surface area (Å²) in [6, 6.07) is 0. The van der Waals surface area contributed by atoms with Crippen LogP contribution in [0.2, 0.25) is 0 Å². The molecule has 0 spiro atoms. The van der Waals surface area contributed by atoms with E-state index in [1.807, 2.05) is 0 Å². The van der Waals surface area contributed by atoms with E-state index in [1.54, 1.807) is 0 Å². The average Bonchev–Trinajstić information content (AvgIpc) is 2.57. The predicted octanol–water partition coefficient (Wildman–Crippen LogP) is 1.51. The standard InChI is InChI=1S/C10H17N3O2S/c1-4-5-6-9-13(8(3)15)12-10(16-9)11-7(2)14/h9H,4-6H2,1-3H3,(H,11,12,14). The molecule has 0 aromatic carbocycles. The Morgan fingerprint density at radius 2 is 2.19 bits per heavy atom. The number of amides is 2. The molecule has 2 amide bonds. The molecular weight excluding hydrogens is 226 g/mol. The minimum Gasteiger partial charge on any atom is -0.304 e. The van der Waals surface area contributed by atoms with Crippen LogP contribution in [0.3, 0.4) is 0 Å². The number of nitrogens with zero attached hydrogens (tertiary/aromatic N) is 2. The summed E-state index contributed by atoms with van der Waals surface area (Å²) >= 11 is 1.44. The molecule has 5 nitrogen and oxygen atoms in total. The zero-order valence-electron chi connectivity index (χ0n) is 9.82. The van der Waals surface area contributed by atoms with Gasteiger partial charge in [-0.1, -0.05) is 31.5 Å². The van der Waals surface area contributed by atoms with E-state index in [0.29, 0.717) is 5.17 Å². The first kappa shape index (κ1) is 13.0. The third-order valence-electron chi connectivity index (χ3n) is 2.13. The van der Waals surface area contributed by atoms with Gasteiger partial charge in [0, 0.05) is 13.8 Å². The SMILES string of the molecule is CCCCC1SC(NC(C)=O)=NN1C(C)=O. The third kappa shape index (κ3) is 3.52. The Kier molecular flexibility index (Phi) is 4.79. The van der Waals surface area contributed by atoms with Gasteiger partial charge in [-0.2, -0.15) is 0 Å². The average molecular weight is 243 g/mol. The Morgan fingerprint density at radius 3 is 2.69 bits per heavy atom. The Labute approximate surface area is 99.6 Å². The van der Waals surface area contributed by atoms with Crippen molar-refractivity contribution in [3.05, 3.63) is 0 Å². The largest absolute Gasteiger partial charge is 0.304 e. The highest BCUT2D eigenvalue weighted by Crippen LogP contribution is 2.28. The highest BCUT2D eigenvalue weighted by atomic mass is 32.2. The number of nitrogens with one attached hydrogen (secondary N) is 1. The molecule has 0 aromatic rings. The fourth-order valence-electron chi connectivity index (χ4n) is 1.40. The minimum absolute atomic E-state index is 0.0271. The summed E-state index contributed by atoms with van der Waals surface area (Å²) in [6.45, 7) is 5.02. The zero-order chi connectivity index (χ0) is 12.1. The van der Waals surface area contributed by atoms with Crippen molar-refractivity contribution in [1.29, 1.82) is 0 Å². The van der Waals surface area contributed by atoms with E-state index in [1.165, 1.54) is 30.6 Å². The molecule has 90 valence electrons. The topological polar surface area (TPSA) is 61.8 Å². The quantitative estimate of drug-likeness (QED) is 0.817. The van der Waals surface area contributed by atoms with Gasteiger partial charge < -0.3 is 5.32 Å². The second kappa shape index (κ2) is 5.89. The van der Waals surface area contributed by atoms with Crippen LogP contribution in [0.1, 0.15) is 40.0 Å². The molecule has 0 aliphatic carbocycles. The molecule has 16 heavy (non-hydrogen) atoms. The maximum Gasteiger partial charge on any atom is 0.240 e. The first-order valence-corrected chi connectivity index (χ1v) is 6.25. The van der Waals surface area contributed by atoms with Gasteiger partial charge in [-0.05, 0) is 6.42 Å². The Balaban J connectivity index is 2.62. The van der Waals surface area contributed by atoms with Gasteiger partial charge in [0.25, 0.3) is 0 Å². The monoisotopic (exact) mass is 243 g/mol. The summed E-state index contributed by atoms with van der Waals surface area (Å²) in [5.41, 5.74) is 0. The molecule has 1 aliphatic rings. The fourth-order valence-corrected chi connectivity index (χ4v) is 2.58. The van der Waals surface area contributed by atoms with Gasteiger partial charge in [0.2, 0.25) is 11.8 Å². The molecule has 0 saturated heterocycles. The van der Waals surface area contributed by atoms with Crippen molar-refractivity contribution in [3.8, 4) is 0 Å². The van der Waals surface area contributed by atoms with Gasteiger partial charge in [-0.15, -0.1) is 5.10 Å². The lowest BCUT2D eigenvalue weighted by Gasteiger charge is -2.18. The van der Waals surface area contributed by atoms with Gasteiger partial charge in [0.15, 0.2) is 5.17 Å². The van der Waals surface area contributed by atoms with Gasteiger partial charge >= 0.3 is 0 Å². The Bertz CT molecular complexity index is 317. The molecule has 1 unspecified atom stereocenters. The van der Waals surface area contributed by atoms with Crippen molar-refractivity contribution >= 4 is 28.7 Å². The van der Waals surface area contributed by atoms with Crippen LogP contribution < -0.4 is 5.32 Å². The second-order valence-corrected chi connectivity index (χ2v) is 4.83. The van der Waals surface area contributed by atoms with E-state index in [2.05, 4.69) is 17.3 Å². The number of hydrazone groups is 1. The zero-order valence-corrected chi connectivity index (χ0v) is 10.6. The molecular formula is C10H17N3O2S. The van der Waals surface area contributed by atoms with Crippen LogP contribution in [0.5, 0.6) is 0 Å². The van der Waals surface area contributed by atoms with E-state index < -0.39 is 0 Å². The van der Waals surface area contributed by atoms with Crippen LogP contribution in [-0.2, 0) is 9.59 Å². The van der Waals surface area contributed by atoms with Crippen LogP contribution in [0, 0.1) is 0 Å². The summed E-state index contributed by atoms with van der Waals surface area (Å²) in [5.74, 6) is -0.250. The maximum absolute atomic E-state index is 11.3. The number of rotatable bonds is 3. The highest BCUT2D eigenvalue weighted by molar-refractivity contribution is 8.14. The number of thioether (sulfide) groups is 1. The van der Waals surface area contributed by atoms with Gasteiger partial charge in [0.1, 0.15) is 5.37 Å². The number of amidine groups is 1. The highest BCUT2D eigenvalue weighted by Gasteiger charge is 2.30. The van der Waals surface area contributed by atoms with Gasteiger partial charge in [-0.25, -0.2) is 5.01 Å². The lowest BCUT2D eigenvalue weighted by atomic mass is 10.2. The van der Waals surface area contributed by atoms with Crippen LogP contribution in [0.4, 0.5) is 0 Å². The fraction of sp³-hybridized carbons (Fsp3) is 0.700. The van der Waals surface area contributed by atoms with E-state index >= 15 is 0 Å². The molecule has 1 rings (SSSR count). The van der Waals surface area contributed by atoms with E-state index in [9.17, 15) is 9.59 Å². The van der Waals surface area contributed by atoms with Crippen LogP contribution in [-0.4, -0.2) is 27.4 Å². The van der Waals surface area contributed by atoms with E-state index in [4.69, 9.17) is 0 Å². The smallest absolute Gasteiger partial charge is 0.240 e. The van der Waals surface area contributed by atoms with Crippen molar-refractivity contribution in [2.75, 3.05) is 0 Å². The first-order valence-electron chi connectivity index (χ1n) is 5.37. The summed E-state index contributed by atoms with van der Waals surface area (Å²) < 4.78 is 0. The van der Waals surface area contributed by atoms with Gasteiger partial charge in [-0.3, -0.25) is 9.59 Å². The predicted molar refractivity (Wildman–Crippen MR) is 64.7 cm³/mol. The number of carbonyl (C=O) groups excluding carboxylic acids is 2. The molecule has 0 saturated carbocycles. The molecule has 0 fully saturated rings.